The highest BCUT2D eigenvalue weighted by atomic mass is 16.4. The zero-order valence-electron chi connectivity index (χ0n) is 22.6. The van der Waals surface area contributed by atoms with Crippen molar-refractivity contribution in [3.63, 3.8) is 0 Å². The predicted octanol–water partition coefficient (Wildman–Crippen LogP) is 9.51. The Labute approximate surface area is 190 Å². The molecule has 0 spiro atoms. The molecule has 0 aromatic rings. The van der Waals surface area contributed by atoms with E-state index in [4.69, 9.17) is 0 Å². The maximum atomic E-state index is 13.1. The van der Waals surface area contributed by atoms with Gasteiger partial charge in [0.05, 0.1) is 5.41 Å². The molecular weight excluding hydrogens is 368 g/mol. The van der Waals surface area contributed by atoms with E-state index in [9.17, 15) is 9.90 Å². The summed E-state index contributed by atoms with van der Waals surface area (Å²) in [5.41, 5.74) is -0.559. The van der Waals surface area contributed by atoms with Crippen LogP contribution in [0.4, 0.5) is 0 Å². The molecule has 180 valence electrons. The summed E-state index contributed by atoms with van der Waals surface area (Å²) >= 11 is 0. The number of carbonyl (C=O) groups is 1. The fourth-order valence-electron chi connectivity index (χ4n) is 9.51. The molecule has 0 aromatic heterocycles. The third-order valence-corrected chi connectivity index (χ3v) is 11.0. The summed E-state index contributed by atoms with van der Waals surface area (Å²) in [6.45, 7) is 25.5. The molecule has 0 amide bonds. The summed E-state index contributed by atoms with van der Waals surface area (Å²) < 4.78 is 0. The third kappa shape index (κ3) is 3.47. The van der Waals surface area contributed by atoms with Crippen molar-refractivity contribution in [3.05, 3.63) is 0 Å². The Balaban J connectivity index is 7.79. The molecule has 0 heterocycles. The minimum atomic E-state index is -0.681. The average molecular weight is 425 g/mol. The first kappa shape index (κ1) is 29.5. The van der Waals surface area contributed by atoms with E-state index in [1.807, 2.05) is 0 Å². The van der Waals surface area contributed by atoms with Crippen LogP contribution in [0.2, 0.25) is 0 Å². The van der Waals surface area contributed by atoms with E-state index < -0.39 is 11.4 Å². The highest BCUT2D eigenvalue weighted by Gasteiger charge is 2.69. The molecule has 0 fully saturated rings. The molecule has 2 nitrogen and oxygen atoms in total. The van der Waals surface area contributed by atoms with Crippen LogP contribution in [0.15, 0.2) is 0 Å². The molecule has 0 aliphatic rings. The molecule has 0 saturated heterocycles. The number of rotatable bonds is 16. The zero-order valence-corrected chi connectivity index (χ0v) is 22.6. The summed E-state index contributed by atoms with van der Waals surface area (Å²) in [7, 11) is 0. The van der Waals surface area contributed by atoms with E-state index in [1.54, 1.807) is 0 Å². The highest BCUT2D eigenvalue weighted by Crippen LogP contribution is 2.74. The van der Waals surface area contributed by atoms with Gasteiger partial charge in [0, 0.05) is 0 Å². The summed E-state index contributed by atoms with van der Waals surface area (Å²) in [5, 5.41) is 10.8. The molecule has 2 heteroatoms. The van der Waals surface area contributed by atoms with Crippen LogP contribution in [0.1, 0.15) is 147 Å². The molecular formula is C28H56O2. The van der Waals surface area contributed by atoms with Gasteiger partial charge in [-0.1, -0.05) is 76.2 Å². The number of carboxylic acids is 1. The van der Waals surface area contributed by atoms with E-state index >= 15 is 0 Å². The molecule has 0 aromatic carbocycles. The number of carboxylic acid groups (broad SMARTS) is 1. The van der Waals surface area contributed by atoms with Crippen molar-refractivity contribution in [1.29, 1.82) is 0 Å². The van der Waals surface area contributed by atoms with Crippen LogP contribution in [0.3, 0.4) is 0 Å². The molecule has 0 bridgehead atoms. The zero-order chi connectivity index (χ0) is 23.9. The highest BCUT2D eigenvalue weighted by molar-refractivity contribution is 5.76. The molecule has 0 rings (SSSR count). The minimum absolute atomic E-state index is 0.0144. The summed E-state index contributed by atoms with van der Waals surface area (Å²) in [4.78, 5) is 13.1. The third-order valence-electron chi connectivity index (χ3n) is 11.0. The smallest absolute Gasteiger partial charge is 0.310 e. The maximum absolute atomic E-state index is 13.1. The van der Waals surface area contributed by atoms with Gasteiger partial charge >= 0.3 is 5.97 Å². The van der Waals surface area contributed by atoms with Crippen LogP contribution in [0, 0.1) is 27.1 Å². The van der Waals surface area contributed by atoms with Gasteiger partial charge in [-0.05, 0) is 92.3 Å². The SMILES string of the molecule is CCC(CC)(CC)C(CC)(CC)C(CC)(CC)C(CC)(CC)C(CC)(CC)C(=O)O. The van der Waals surface area contributed by atoms with E-state index in [0.29, 0.717) is 12.8 Å². The van der Waals surface area contributed by atoms with Gasteiger partial charge in [0.25, 0.3) is 0 Å². The fraction of sp³-hybridized carbons (Fsp3) is 0.964. The monoisotopic (exact) mass is 424 g/mol. The van der Waals surface area contributed by atoms with Crippen LogP contribution < -0.4 is 0 Å². The van der Waals surface area contributed by atoms with Crippen LogP contribution in [0.5, 0.6) is 0 Å². The lowest BCUT2D eigenvalue weighted by Crippen LogP contribution is -2.65. The van der Waals surface area contributed by atoms with Crippen LogP contribution >= 0.6 is 0 Å². The summed E-state index contributed by atoms with van der Waals surface area (Å²) in [5.74, 6) is -0.571. The fourth-order valence-corrected chi connectivity index (χ4v) is 9.51. The Bertz CT molecular complexity index is 490. The lowest BCUT2D eigenvalue weighted by Gasteiger charge is -2.70. The van der Waals surface area contributed by atoms with Gasteiger partial charge in [-0.15, -0.1) is 0 Å². The number of hydrogen-bond donors (Lipinski definition) is 1. The Morgan fingerprint density at radius 3 is 0.933 bits per heavy atom. The molecule has 0 atom stereocenters. The molecule has 0 saturated carbocycles. The van der Waals surface area contributed by atoms with Crippen molar-refractivity contribution in [1.82, 2.24) is 0 Å². The van der Waals surface area contributed by atoms with Gasteiger partial charge in [-0.25, -0.2) is 0 Å². The van der Waals surface area contributed by atoms with E-state index in [2.05, 4.69) is 76.2 Å². The number of aliphatic carboxylic acids is 1. The lowest BCUT2D eigenvalue weighted by atomic mass is 9.33. The first-order valence-electron chi connectivity index (χ1n) is 13.3. The standard InChI is InChI=1S/C28H56O2/c1-12-24(13-2,14-3)26(17-6,18-7)28(21-10,22-11)27(19-8,20-9)25(15-4,16-5)23(29)30/h12-22H2,1-11H3,(H,29,30). The van der Waals surface area contributed by atoms with Gasteiger partial charge < -0.3 is 5.11 Å². The Hall–Kier alpha value is -0.530. The molecule has 1 N–H and O–H groups in total. The molecule has 0 aliphatic heterocycles. The van der Waals surface area contributed by atoms with Crippen molar-refractivity contribution in [2.75, 3.05) is 0 Å². The quantitative estimate of drug-likeness (QED) is 0.268. The van der Waals surface area contributed by atoms with Gasteiger partial charge in [0.15, 0.2) is 0 Å². The van der Waals surface area contributed by atoms with Gasteiger partial charge in [0.2, 0.25) is 0 Å². The Morgan fingerprint density at radius 2 is 0.767 bits per heavy atom. The van der Waals surface area contributed by atoms with Crippen molar-refractivity contribution < 1.29 is 9.90 Å². The van der Waals surface area contributed by atoms with Crippen LogP contribution in [-0.4, -0.2) is 11.1 Å². The lowest BCUT2D eigenvalue weighted by molar-refractivity contribution is -0.232. The summed E-state index contributed by atoms with van der Waals surface area (Å²) in [6.07, 6.45) is 11.2. The largest absolute Gasteiger partial charge is 0.481 e. The molecule has 0 radical (unpaired) electrons. The first-order valence-corrected chi connectivity index (χ1v) is 13.3. The van der Waals surface area contributed by atoms with Gasteiger partial charge in [0.1, 0.15) is 0 Å². The predicted molar refractivity (Wildman–Crippen MR) is 133 cm³/mol. The van der Waals surface area contributed by atoms with E-state index in [-0.39, 0.29) is 21.7 Å². The topological polar surface area (TPSA) is 37.3 Å². The molecule has 0 aliphatic carbocycles. The first-order chi connectivity index (χ1) is 14.1. The average Bonchev–Trinajstić information content (AvgIpc) is 2.78. The second-order valence-corrected chi connectivity index (χ2v) is 9.80. The Kier molecular flexibility index (Phi) is 11.2. The second-order valence-electron chi connectivity index (χ2n) is 9.80. The van der Waals surface area contributed by atoms with Gasteiger partial charge in [-0.2, -0.15) is 0 Å². The molecule has 30 heavy (non-hydrogen) atoms. The van der Waals surface area contributed by atoms with Gasteiger partial charge in [-0.3, -0.25) is 4.79 Å². The van der Waals surface area contributed by atoms with Crippen LogP contribution in [0.25, 0.3) is 0 Å². The van der Waals surface area contributed by atoms with E-state index in [1.165, 1.54) is 19.3 Å². The summed E-state index contributed by atoms with van der Waals surface area (Å²) in [6, 6.07) is 0. The molecule has 0 unspecified atom stereocenters. The minimum Gasteiger partial charge on any atom is -0.481 e. The van der Waals surface area contributed by atoms with Crippen LogP contribution in [-0.2, 0) is 4.79 Å². The Morgan fingerprint density at radius 1 is 0.467 bits per heavy atom. The van der Waals surface area contributed by atoms with Crippen molar-refractivity contribution in [3.8, 4) is 0 Å². The normalized spacial score (nSPS) is 14.2. The van der Waals surface area contributed by atoms with E-state index in [0.717, 1.165) is 38.5 Å². The van der Waals surface area contributed by atoms with Crippen molar-refractivity contribution in [2.45, 2.75) is 147 Å². The van der Waals surface area contributed by atoms with Crippen molar-refractivity contribution in [2.24, 2.45) is 27.1 Å². The van der Waals surface area contributed by atoms with Crippen molar-refractivity contribution >= 4 is 5.97 Å². The maximum Gasteiger partial charge on any atom is 0.310 e. The second kappa shape index (κ2) is 11.4. The number of hydrogen-bond acceptors (Lipinski definition) is 1.